The van der Waals surface area contributed by atoms with Crippen LogP contribution in [0.25, 0.3) is 0 Å². The first-order chi connectivity index (χ1) is 9.06. The number of ether oxygens (including phenoxy) is 1. The second kappa shape index (κ2) is 6.21. The molecule has 2 aromatic rings. The summed E-state index contributed by atoms with van der Waals surface area (Å²) in [7, 11) is 0. The van der Waals surface area contributed by atoms with Crippen molar-refractivity contribution in [1.82, 2.24) is 4.98 Å². The number of nitrogens with two attached hydrogens (primary N) is 1. The summed E-state index contributed by atoms with van der Waals surface area (Å²) in [5.74, 6) is 0.742. The molecule has 0 aliphatic carbocycles. The minimum Gasteiger partial charge on any atom is -0.435 e. The first-order valence-electron chi connectivity index (χ1n) is 5.44. The standard InChI is InChI=1S/C12H12F2N2OS2/c1-7-10(19-12(15)16-7)18-6-8-4-2-3-5-9(8)17-11(13)14/h2-5,11H,6H2,1H3,(H2,15,16). The van der Waals surface area contributed by atoms with Gasteiger partial charge in [0.05, 0.1) is 9.90 Å². The molecule has 19 heavy (non-hydrogen) atoms. The van der Waals surface area contributed by atoms with E-state index in [4.69, 9.17) is 5.73 Å². The average molecular weight is 302 g/mol. The Hall–Kier alpha value is -1.34. The quantitative estimate of drug-likeness (QED) is 0.850. The van der Waals surface area contributed by atoms with Crippen molar-refractivity contribution in [3.63, 3.8) is 0 Å². The number of nitrogen functional groups attached to an aromatic ring is 1. The van der Waals surface area contributed by atoms with Crippen LogP contribution in [0.2, 0.25) is 0 Å². The van der Waals surface area contributed by atoms with Crippen LogP contribution >= 0.6 is 23.1 Å². The molecule has 0 saturated carbocycles. The summed E-state index contributed by atoms with van der Waals surface area (Å²) in [6.45, 7) is -0.941. The van der Waals surface area contributed by atoms with E-state index >= 15 is 0 Å². The third kappa shape index (κ3) is 3.81. The van der Waals surface area contributed by atoms with Gasteiger partial charge in [0.15, 0.2) is 5.13 Å². The molecular weight excluding hydrogens is 290 g/mol. The third-order valence-corrected chi connectivity index (χ3v) is 4.72. The first kappa shape index (κ1) is 14.1. The topological polar surface area (TPSA) is 48.1 Å². The van der Waals surface area contributed by atoms with Crippen LogP contribution < -0.4 is 10.5 Å². The van der Waals surface area contributed by atoms with Crippen molar-refractivity contribution in [1.29, 1.82) is 0 Å². The zero-order valence-electron chi connectivity index (χ0n) is 10.1. The lowest BCUT2D eigenvalue weighted by atomic mass is 10.2. The molecule has 0 saturated heterocycles. The van der Waals surface area contributed by atoms with Gasteiger partial charge in [0.2, 0.25) is 0 Å². The fourth-order valence-corrected chi connectivity index (χ4v) is 3.53. The lowest BCUT2D eigenvalue weighted by Gasteiger charge is -2.09. The number of thioether (sulfide) groups is 1. The van der Waals surface area contributed by atoms with Crippen molar-refractivity contribution in [2.24, 2.45) is 0 Å². The van der Waals surface area contributed by atoms with Crippen LogP contribution in [0.5, 0.6) is 5.75 Å². The molecular formula is C12H12F2N2OS2. The Morgan fingerprint density at radius 2 is 2.16 bits per heavy atom. The van der Waals surface area contributed by atoms with E-state index in [9.17, 15) is 8.78 Å². The van der Waals surface area contributed by atoms with Crippen LogP contribution in [0, 0.1) is 6.92 Å². The second-order valence-electron chi connectivity index (χ2n) is 3.70. The Labute approximate surface area is 117 Å². The van der Waals surface area contributed by atoms with Gasteiger partial charge in [-0.05, 0) is 13.0 Å². The number of aromatic nitrogens is 1. The highest BCUT2D eigenvalue weighted by Gasteiger charge is 2.11. The van der Waals surface area contributed by atoms with Gasteiger partial charge in [0.25, 0.3) is 0 Å². The molecule has 0 aliphatic heterocycles. The average Bonchev–Trinajstić information content (AvgIpc) is 2.66. The van der Waals surface area contributed by atoms with E-state index in [1.54, 1.807) is 18.2 Å². The molecule has 0 amide bonds. The zero-order chi connectivity index (χ0) is 13.8. The largest absolute Gasteiger partial charge is 0.435 e. The lowest BCUT2D eigenvalue weighted by molar-refractivity contribution is -0.0503. The van der Waals surface area contributed by atoms with Crippen molar-refractivity contribution in [2.75, 3.05) is 5.73 Å². The first-order valence-corrected chi connectivity index (χ1v) is 7.25. The maximum absolute atomic E-state index is 12.3. The number of benzene rings is 1. The molecule has 0 spiro atoms. The van der Waals surface area contributed by atoms with Crippen LogP contribution in [-0.2, 0) is 5.75 Å². The van der Waals surface area contributed by atoms with Crippen molar-refractivity contribution >= 4 is 28.2 Å². The van der Waals surface area contributed by atoms with Gasteiger partial charge in [-0.15, -0.1) is 11.8 Å². The highest BCUT2D eigenvalue weighted by molar-refractivity contribution is 8.00. The summed E-state index contributed by atoms with van der Waals surface area (Å²) < 4.78 is 30.0. The van der Waals surface area contributed by atoms with Gasteiger partial charge in [0, 0.05) is 11.3 Å². The lowest BCUT2D eigenvalue weighted by Crippen LogP contribution is -2.03. The minimum absolute atomic E-state index is 0.208. The number of aryl methyl sites for hydroxylation is 1. The van der Waals surface area contributed by atoms with Crippen molar-refractivity contribution in [3.8, 4) is 5.75 Å². The highest BCUT2D eigenvalue weighted by Crippen LogP contribution is 2.34. The predicted molar refractivity (Wildman–Crippen MR) is 73.9 cm³/mol. The van der Waals surface area contributed by atoms with Gasteiger partial charge in [-0.2, -0.15) is 8.78 Å². The summed E-state index contributed by atoms with van der Waals surface area (Å²) in [5, 5.41) is 0.511. The summed E-state index contributed by atoms with van der Waals surface area (Å²) >= 11 is 2.91. The number of hydrogen-bond acceptors (Lipinski definition) is 5. The maximum atomic E-state index is 12.3. The van der Waals surface area contributed by atoms with Crippen LogP contribution in [0.3, 0.4) is 0 Å². The Morgan fingerprint density at radius 3 is 2.79 bits per heavy atom. The number of rotatable bonds is 5. The number of nitrogens with zero attached hydrogens (tertiary/aromatic N) is 1. The molecule has 7 heteroatoms. The zero-order valence-corrected chi connectivity index (χ0v) is 11.7. The van der Waals surface area contributed by atoms with E-state index in [2.05, 4.69) is 9.72 Å². The van der Waals surface area contributed by atoms with Crippen LogP contribution in [0.4, 0.5) is 13.9 Å². The Kier molecular flexibility index (Phi) is 4.60. The SMILES string of the molecule is Cc1nc(N)sc1SCc1ccccc1OC(F)F. The highest BCUT2D eigenvalue weighted by atomic mass is 32.2. The van der Waals surface area contributed by atoms with Crippen molar-refractivity contribution in [2.45, 2.75) is 23.5 Å². The van der Waals surface area contributed by atoms with Gasteiger partial charge in [-0.25, -0.2) is 4.98 Å². The third-order valence-electron chi connectivity index (χ3n) is 2.32. The summed E-state index contributed by atoms with van der Waals surface area (Å²) in [6.07, 6.45) is 0. The van der Waals surface area contributed by atoms with E-state index in [1.165, 1.54) is 29.2 Å². The number of hydrogen-bond donors (Lipinski definition) is 1. The number of para-hydroxylation sites is 1. The molecule has 0 radical (unpaired) electrons. The van der Waals surface area contributed by atoms with Crippen molar-refractivity contribution in [3.05, 3.63) is 35.5 Å². The normalized spacial score (nSPS) is 10.9. The van der Waals surface area contributed by atoms with Gasteiger partial charge < -0.3 is 10.5 Å². The van der Waals surface area contributed by atoms with Crippen LogP contribution in [-0.4, -0.2) is 11.6 Å². The van der Waals surface area contributed by atoms with Gasteiger partial charge in [0.1, 0.15) is 5.75 Å². The second-order valence-corrected chi connectivity index (χ2v) is 5.97. The molecule has 1 aromatic heterocycles. The fraction of sp³-hybridized carbons (Fsp3) is 0.250. The van der Waals surface area contributed by atoms with Gasteiger partial charge in [-0.3, -0.25) is 0 Å². The molecule has 0 atom stereocenters. The molecule has 1 heterocycles. The fourth-order valence-electron chi connectivity index (χ4n) is 1.51. The Balaban J connectivity index is 2.09. The molecule has 2 N–H and O–H groups in total. The van der Waals surface area contributed by atoms with E-state index < -0.39 is 6.61 Å². The summed E-state index contributed by atoms with van der Waals surface area (Å²) in [6, 6.07) is 6.77. The van der Waals surface area contributed by atoms with E-state index in [0.717, 1.165) is 15.5 Å². The number of anilines is 1. The van der Waals surface area contributed by atoms with E-state index in [-0.39, 0.29) is 5.75 Å². The maximum Gasteiger partial charge on any atom is 0.387 e. The molecule has 3 nitrogen and oxygen atoms in total. The van der Waals surface area contributed by atoms with Gasteiger partial charge >= 0.3 is 6.61 Å². The Morgan fingerprint density at radius 1 is 1.42 bits per heavy atom. The summed E-state index contributed by atoms with van der Waals surface area (Å²) in [4.78, 5) is 4.12. The molecule has 0 fully saturated rings. The number of halogens is 2. The molecule has 2 rings (SSSR count). The van der Waals surface area contributed by atoms with Gasteiger partial charge in [-0.1, -0.05) is 29.5 Å². The molecule has 0 aliphatic rings. The summed E-state index contributed by atoms with van der Waals surface area (Å²) in [5.41, 5.74) is 7.20. The molecule has 102 valence electrons. The number of thiazole rings is 1. The van der Waals surface area contributed by atoms with E-state index in [1.807, 2.05) is 6.92 Å². The molecule has 1 aromatic carbocycles. The van der Waals surface area contributed by atoms with Crippen LogP contribution in [0.15, 0.2) is 28.5 Å². The molecule has 0 unspecified atom stereocenters. The van der Waals surface area contributed by atoms with Crippen LogP contribution in [0.1, 0.15) is 11.3 Å². The predicted octanol–water partition coefficient (Wildman–Crippen LogP) is 3.93. The monoisotopic (exact) mass is 302 g/mol. The molecule has 0 bridgehead atoms. The smallest absolute Gasteiger partial charge is 0.387 e. The van der Waals surface area contributed by atoms with Crippen molar-refractivity contribution < 1.29 is 13.5 Å². The minimum atomic E-state index is -2.81. The van der Waals surface area contributed by atoms with E-state index in [0.29, 0.717) is 10.9 Å². The Bertz CT molecular complexity index is 560. The number of alkyl halides is 2.